The Labute approximate surface area is 128 Å². The van der Waals surface area contributed by atoms with Crippen LogP contribution in [0.1, 0.15) is 10.4 Å². The fourth-order valence-corrected chi connectivity index (χ4v) is 1.96. The predicted octanol–water partition coefficient (Wildman–Crippen LogP) is 3.63. The molecule has 0 heterocycles. The van der Waals surface area contributed by atoms with Crippen LogP contribution in [0.25, 0.3) is 0 Å². The summed E-state index contributed by atoms with van der Waals surface area (Å²) in [7, 11) is 0. The number of carbonyl (C=O) groups is 1. The molecule has 8 nitrogen and oxygen atoms in total. The monoisotopic (exact) mass is 321 g/mol. The number of non-ortho nitro benzene ring substituents is 1. The first-order valence-electron chi connectivity index (χ1n) is 5.89. The zero-order valence-electron chi connectivity index (χ0n) is 10.9. The van der Waals surface area contributed by atoms with Gasteiger partial charge in [0, 0.05) is 11.8 Å². The number of nitro groups is 2. The standard InChI is InChI=1S/C13H8ClN3O5/c14-13(18)10-6-9(16(19)20)7-11(17(21)22)12(10)15-8-4-2-1-3-5-8/h1-7,15H. The number of hydrogen-bond acceptors (Lipinski definition) is 6. The Balaban J connectivity index is 2.66. The van der Waals surface area contributed by atoms with Crippen molar-refractivity contribution in [3.05, 3.63) is 68.3 Å². The second kappa shape index (κ2) is 6.19. The molecule has 2 aromatic rings. The van der Waals surface area contributed by atoms with Crippen molar-refractivity contribution in [2.45, 2.75) is 0 Å². The SMILES string of the molecule is O=C(Cl)c1cc([N+](=O)[O-])cc([N+](=O)[O-])c1Nc1ccccc1. The summed E-state index contributed by atoms with van der Waals surface area (Å²) in [5, 5.41) is 23.6. The first kappa shape index (κ1) is 15.4. The number of nitrogens with one attached hydrogen (secondary N) is 1. The van der Waals surface area contributed by atoms with Crippen LogP contribution in [0.5, 0.6) is 0 Å². The Morgan fingerprint density at radius 1 is 1.05 bits per heavy atom. The van der Waals surface area contributed by atoms with E-state index in [1.807, 2.05) is 0 Å². The van der Waals surface area contributed by atoms with E-state index in [4.69, 9.17) is 11.6 Å². The zero-order chi connectivity index (χ0) is 16.3. The summed E-state index contributed by atoms with van der Waals surface area (Å²) in [6.45, 7) is 0. The molecule has 1 N–H and O–H groups in total. The highest BCUT2D eigenvalue weighted by atomic mass is 35.5. The smallest absolute Gasteiger partial charge is 0.300 e. The van der Waals surface area contributed by atoms with Gasteiger partial charge in [-0.25, -0.2) is 0 Å². The van der Waals surface area contributed by atoms with E-state index in [-0.39, 0.29) is 11.3 Å². The molecule has 2 rings (SSSR count). The summed E-state index contributed by atoms with van der Waals surface area (Å²) in [5.41, 5.74) is -1.26. The van der Waals surface area contributed by atoms with Gasteiger partial charge in [-0.3, -0.25) is 25.0 Å². The average molecular weight is 322 g/mol. The Bertz CT molecular complexity index is 729. The molecule has 0 atom stereocenters. The molecule has 0 aliphatic carbocycles. The van der Waals surface area contributed by atoms with Crippen molar-refractivity contribution >= 4 is 39.6 Å². The van der Waals surface area contributed by atoms with Gasteiger partial charge in [-0.2, -0.15) is 0 Å². The van der Waals surface area contributed by atoms with Crippen LogP contribution in [0, 0.1) is 20.2 Å². The van der Waals surface area contributed by atoms with Crippen LogP contribution in [0.15, 0.2) is 42.5 Å². The minimum atomic E-state index is -1.04. The third kappa shape index (κ3) is 3.18. The number of hydrogen-bond donors (Lipinski definition) is 1. The molecule has 0 radical (unpaired) electrons. The van der Waals surface area contributed by atoms with Gasteiger partial charge in [-0.15, -0.1) is 0 Å². The van der Waals surface area contributed by atoms with Crippen molar-refractivity contribution in [3.8, 4) is 0 Å². The first-order chi connectivity index (χ1) is 10.4. The Morgan fingerprint density at radius 3 is 2.18 bits per heavy atom. The first-order valence-corrected chi connectivity index (χ1v) is 6.26. The Hall–Kier alpha value is -3.00. The van der Waals surface area contributed by atoms with Crippen LogP contribution in [0.3, 0.4) is 0 Å². The topological polar surface area (TPSA) is 115 Å². The molecule has 22 heavy (non-hydrogen) atoms. The van der Waals surface area contributed by atoms with Gasteiger partial charge >= 0.3 is 0 Å². The minimum Gasteiger partial charge on any atom is -0.349 e. The number of nitrogens with zero attached hydrogens (tertiary/aromatic N) is 2. The lowest BCUT2D eigenvalue weighted by atomic mass is 10.1. The summed E-state index contributed by atoms with van der Waals surface area (Å²) in [5.74, 6) is 0. The number of para-hydroxylation sites is 1. The average Bonchev–Trinajstić information content (AvgIpc) is 2.47. The van der Waals surface area contributed by atoms with Crippen LogP contribution in [-0.4, -0.2) is 15.1 Å². The lowest BCUT2D eigenvalue weighted by molar-refractivity contribution is -0.393. The molecule has 0 spiro atoms. The van der Waals surface area contributed by atoms with Gasteiger partial charge in [0.1, 0.15) is 5.69 Å². The molecule has 0 aromatic heterocycles. The van der Waals surface area contributed by atoms with Gasteiger partial charge in [0.15, 0.2) is 0 Å². The van der Waals surface area contributed by atoms with E-state index in [0.29, 0.717) is 5.69 Å². The maximum Gasteiger partial charge on any atom is 0.300 e. The second-order valence-corrected chi connectivity index (χ2v) is 4.51. The summed E-state index contributed by atoms with van der Waals surface area (Å²) in [6, 6.07) is 10.0. The van der Waals surface area contributed by atoms with E-state index < -0.39 is 26.5 Å². The largest absolute Gasteiger partial charge is 0.349 e. The lowest BCUT2D eigenvalue weighted by Crippen LogP contribution is -2.05. The molecular formula is C13H8ClN3O5. The van der Waals surface area contributed by atoms with Crippen molar-refractivity contribution in [1.82, 2.24) is 0 Å². The van der Waals surface area contributed by atoms with Crippen molar-refractivity contribution in [2.24, 2.45) is 0 Å². The van der Waals surface area contributed by atoms with Gasteiger partial charge in [-0.05, 0) is 23.7 Å². The van der Waals surface area contributed by atoms with Crippen LogP contribution >= 0.6 is 11.6 Å². The molecule has 9 heteroatoms. The molecule has 0 bridgehead atoms. The highest BCUT2D eigenvalue weighted by molar-refractivity contribution is 6.68. The number of carbonyl (C=O) groups excluding carboxylic acids is 1. The number of rotatable bonds is 5. The summed E-state index contributed by atoms with van der Waals surface area (Å²) >= 11 is 5.40. The van der Waals surface area contributed by atoms with E-state index >= 15 is 0 Å². The number of benzene rings is 2. The van der Waals surface area contributed by atoms with E-state index in [9.17, 15) is 25.0 Å². The van der Waals surface area contributed by atoms with E-state index in [1.54, 1.807) is 30.3 Å². The van der Waals surface area contributed by atoms with Crippen molar-refractivity contribution in [3.63, 3.8) is 0 Å². The van der Waals surface area contributed by atoms with Crippen LogP contribution in [0.4, 0.5) is 22.7 Å². The molecule has 0 saturated carbocycles. The van der Waals surface area contributed by atoms with Gasteiger partial charge in [0.2, 0.25) is 0 Å². The molecule has 0 aliphatic rings. The van der Waals surface area contributed by atoms with Crippen molar-refractivity contribution in [2.75, 3.05) is 5.32 Å². The van der Waals surface area contributed by atoms with Crippen LogP contribution < -0.4 is 5.32 Å². The maximum atomic E-state index is 11.5. The third-order valence-corrected chi connectivity index (χ3v) is 2.97. The van der Waals surface area contributed by atoms with Crippen LogP contribution in [-0.2, 0) is 0 Å². The van der Waals surface area contributed by atoms with Crippen molar-refractivity contribution < 1.29 is 14.6 Å². The molecule has 2 aromatic carbocycles. The Morgan fingerprint density at radius 2 is 1.68 bits per heavy atom. The summed E-state index contributed by atoms with van der Waals surface area (Å²) in [4.78, 5) is 31.8. The van der Waals surface area contributed by atoms with E-state index in [1.165, 1.54) is 0 Å². The number of anilines is 2. The highest BCUT2D eigenvalue weighted by Crippen LogP contribution is 2.36. The molecule has 0 fully saturated rings. The van der Waals surface area contributed by atoms with Gasteiger partial charge in [-0.1, -0.05) is 18.2 Å². The third-order valence-electron chi connectivity index (χ3n) is 2.76. The van der Waals surface area contributed by atoms with Crippen LogP contribution in [0.2, 0.25) is 0 Å². The quantitative estimate of drug-likeness (QED) is 0.510. The van der Waals surface area contributed by atoms with E-state index in [2.05, 4.69) is 5.32 Å². The summed E-state index contributed by atoms with van der Waals surface area (Å²) in [6.07, 6.45) is 0. The molecular weight excluding hydrogens is 314 g/mol. The normalized spacial score (nSPS) is 10.0. The second-order valence-electron chi connectivity index (χ2n) is 4.17. The highest BCUT2D eigenvalue weighted by Gasteiger charge is 2.26. The fourth-order valence-electron chi connectivity index (χ4n) is 1.81. The summed E-state index contributed by atoms with van der Waals surface area (Å²) < 4.78 is 0. The molecule has 0 amide bonds. The van der Waals surface area contributed by atoms with Gasteiger partial charge < -0.3 is 5.32 Å². The lowest BCUT2D eigenvalue weighted by Gasteiger charge is -2.10. The minimum absolute atomic E-state index is 0.193. The molecule has 0 aliphatic heterocycles. The maximum absolute atomic E-state index is 11.5. The fraction of sp³-hybridized carbons (Fsp3) is 0. The van der Waals surface area contributed by atoms with Crippen molar-refractivity contribution in [1.29, 1.82) is 0 Å². The number of nitro benzene ring substituents is 2. The Kier molecular flexibility index (Phi) is 4.33. The zero-order valence-corrected chi connectivity index (χ0v) is 11.6. The van der Waals surface area contributed by atoms with Gasteiger partial charge in [0.05, 0.1) is 21.5 Å². The van der Waals surface area contributed by atoms with E-state index in [0.717, 1.165) is 12.1 Å². The molecule has 0 saturated heterocycles. The van der Waals surface area contributed by atoms with Gasteiger partial charge in [0.25, 0.3) is 16.6 Å². The number of halogens is 1. The molecule has 0 unspecified atom stereocenters. The molecule has 112 valence electrons. The predicted molar refractivity (Wildman–Crippen MR) is 79.7 cm³/mol.